The van der Waals surface area contributed by atoms with E-state index >= 15 is 0 Å². The summed E-state index contributed by atoms with van der Waals surface area (Å²) in [6, 6.07) is 17.9. The monoisotopic (exact) mass is 527 g/mol. The van der Waals surface area contributed by atoms with Crippen molar-refractivity contribution in [2.45, 2.75) is 13.0 Å². The van der Waals surface area contributed by atoms with Crippen LogP contribution in [-0.4, -0.2) is 54.1 Å². The van der Waals surface area contributed by atoms with Gasteiger partial charge in [0.15, 0.2) is 5.96 Å². The summed E-state index contributed by atoms with van der Waals surface area (Å²) >= 11 is 0. The summed E-state index contributed by atoms with van der Waals surface area (Å²) in [4.78, 5) is 35.1. The molecule has 0 fully saturated rings. The van der Waals surface area contributed by atoms with Crippen molar-refractivity contribution < 1.29 is 9.59 Å². The maximum Gasteiger partial charge on any atom is 0.274 e. The van der Waals surface area contributed by atoms with Crippen LogP contribution in [0.5, 0.6) is 0 Å². The van der Waals surface area contributed by atoms with Crippen molar-refractivity contribution in [3.63, 3.8) is 0 Å². The minimum absolute atomic E-state index is 0.0793. The number of carbonyl (C=O) groups is 2. The fourth-order valence-electron chi connectivity index (χ4n) is 3.83. The Balaban J connectivity index is 0.00000205. The number of benzene rings is 2. The predicted octanol–water partition coefficient (Wildman–Crippen LogP) is 2.63. The van der Waals surface area contributed by atoms with Gasteiger partial charge in [-0.05, 0) is 66.6 Å². The van der Waals surface area contributed by atoms with Gasteiger partial charge in [0.1, 0.15) is 5.69 Å². The zero-order chi connectivity index (χ0) is 28.2. The number of anilines is 2. The lowest BCUT2D eigenvalue weighted by atomic mass is 9.99. The molecular weight excluding hydrogens is 494 g/mol. The Kier molecular flexibility index (Phi) is 10.3. The lowest BCUT2D eigenvalue weighted by molar-refractivity contribution is 0.101. The van der Waals surface area contributed by atoms with Crippen molar-refractivity contribution in [3.05, 3.63) is 95.3 Å². The Labute approximate surface area is 227 Å². The highest BCUT2D eigenvalue weighted by atomic mass is 16.2. The van der Waals surface area contributed by atoms with Crippen LogP contribution in [-0.2, 0) is 6.54 Å². The molecule has 4 rings (SSSR count). The number of nitrogens with zero attached hydrogens (tertiary/aromatic N) is 3. The summed E-state index contributed by atoms with van der Waals surface area (Å²) in [5.74, 6) is -0.619. The van der Waals surface area contributed by atoms with Gasteiger partial charge in [-0.25, -0.2) is 0 Å². The minimum Gasteiger partial charge on any atom is -0.390 e. The molecule has 3 aromatic rings. The molecule has 0 bridgehead atoms. The highest BCUT2D eigenvalue weighted by molar-refractivity contribution is 6.06. The lowest BCUT2D eigenvalue weighted by Gasteiger charge is -2.26. The molecule has 0 unspecified atom stereocenters. The summed E-state index contributed by atoms with van der Waals surface area (Å²) < 4.78 is 0. The molecular formula is C28H33N9O2. The summed E-state index contributed by atoms with van der Waals surface area (Å²) in [7, 11) is 1.50. The molecule has 2 heterocycles. The lowest BCUT2D eigenvalue weighted by Crippen LogP contribution is -2.39. The number of aliphatic imine (C=N–C) groups is 1. The molecule has 1 aliphatic heterocycles. The molecule has 11 nitrogen and oxygen atoms in total. The zero-order valence-corrected chi connectivity index (χ0v) is 21.7. The number of carbonyl (C=O) groups excluding carboxylic acids is 2. The summed E-state index contributed by atoms with van der Waals surface area (Å²) in [6.07, 6.45) is 5.49. The molecule has 0 saturated heterocycles. The number of nitrogens with two attached hydrogens (primary N) is 3. The first-order valence-electron chi connectivity index (χ1n) is 12.3. The average molecular weight is 528 g/mol. The van der Waals surface area contributed by atoms with Gasteiger partial charge in [-0.2, -0.15) is 0 Å². The van der Waals surface area contributed by atoms with Gasteiger partial charge in [-0.3, -0.25) is 25.0 Å². The highest BCUT2D eigenvalue weighted by Gasteiger charge is 2.15. The first kappa shape index (κ1) is 28.5. The molecule has 0 spiro atoms. The summed E-state index contributed by atoms with van der Waals surface area (Å²) in [5, 5.41) is 13.2. The van der Waals surface area contributed by atoms with E-state index in [-0.39, 0.29) is 23.5 Å². The van der Waals surface area contributed by atoms with E-state index < -0.39 is 0 Å². The Morgan fingerprint density at radius 1 is 1.00 bits per heavy atom. The fraction of sp³-hybridized carbons (Fsp3) is 0.179. The maximum absolute atomic E-state index is 12.6. The van der Waals surface area contributed by atoms with E-state index in [2.05, 4.69) is 32.4 Å². The van der Waals surface area contributed by atoms with Crippen LogP contribution in [0.2, 0.25) is 0 Å². The van der Waals surface area contributed by atoms with Crippen LogP contribution in [0.15, 0.2) is 77.9 Å². The van der Waals surface area contributed by atoms with E-state index in [1.807, 2.05) is 36.4 Å². The van der Waals surface area contributed by atoms with Crippen molar-refractivity contribution >= 4 is 41.1 Å². The molecule has 11 heteroatoms. The average Bonchev–Trinajstić information content (AvgIpc) is 2.98. The summed E-state index contributed by atoms with van der Waals surface area (Å²) in [6.45, 7) is 1.79. The highest BCUT2D eigenvalue weighted by Crippen LogP contribution is 2.24. The van der Waals surface area contributed by atoms with Gasteiger partial charge < -0.3 is 32.7 Å². The first-order chi connectivity index (χ1) is 18.9. The number of pyridine rings is 1. The SMILES string of the molecule is CN.N=C(N)N1CC=C(c2ccc(NC(=O)c3ccc(C(=O)Nc4ccc(CN=CN)cc4)cn3)cc2)CC1. The van der Waals surface area contributed by atoms with Gasteiger partial charge >= 0.3 is 0 Å². The Bertz CT molecular complexity index is 1330. The molecule has 0 radical (unpaired) electrons. The van der Waals surface area contributed by atoms with Crippen LogP contribution in [0.25, 0.3) is 5.57 Å². The number of hydrogen-bond acceptors (Lipinski definition) is 6. The molecule has 0 saturated carbocycles. The molecule has 2 aromatic carbocycles. The summed E-state index contributed by atoms with van der Waals surface area (Å²) in [5.41, 5.74) is 20.3. The normalized spacial score (nSPS) is 12.7. The van der Waals surface area contributed by atoms with Crippen molar-refractivity contribution in [2.75, 3.05) is 30.8 Å². The number of nitrogens with one attached hydrogen (secondary N) is 3. The standard InChI is InChI=1S/C27H28N8O2.CH5N/c28-17-31-15-18-1-6-22(7-2-18)33-25(36)21-5-10-24(32-16-21)26(37)34-23-8-3-19(4-9-23)20-11-13-35(14-12-20)27(29)30;1-2/h1-11,16-17H,12-15H2,(H2,28,31)(H3,29,30)(H,33,36)(H,34,37);2H2,1H3. The second kappa shape index (κ2) is 14.1. The second-order valence-corrected chi connectivity index (χ2v) is 8.42. The number of guanidine groups is 1. The van der Waals surface area contributed by atoms with E-state index in [1.54, 1.807) is 23.1 Å². The number of rotatable bonds is 7. The number of amides is 2. The van der Waals surface area contributed by atoms with E-state index in [1.165, 1.54) is 31.2 Å². The molecule has 1 aromatic heterocycles. The van der Waals surface area contributed by atoms with E-state index in [0.717, 1.165) is 17.5 Å². The molecule has 0 aliphatic carbocycles. The Morgan fingerprint density at radius 2 is 1.64 bits per heavy atom. The quantitative estimate of drug-likeness (QED) is 0.201. The van der Waals surface area contributed by atoms with Crippen molar-refractivity contribution in [2.24, 2.45) is 22.2 Å². The third kappa shape index (κ3) is 7.98. The smallest absolute Gasteiger partial charge is 0.274 e. The van der Waals surface area contributed by atoms with Gasteiger partial charge in [0.2, 0.25) is 0 Å². The Hall–Kier alpha value is -5.03. The maximum atomic E-state index is 12.6. The molecule has 1 aliphatic rings. The van der Waals surface area contributed by atoms with Crippen molar-refractivity contribution in [1.29, 1.82) is 5.41 Å². The van der Waals surface area contributed by atoms with Crippen molar-refractivity contribution in [1.82, 2.24) is 9.88 Å². The zero-order valence-electron chi connectivity index (χ0n) is 21.7. The minimum atomic E-state index is -0.371. The third-order valence-corrected chi connectivity index (χ3v) is 5.91. The Morgan fingerprint density at radius 3 is 2.18 bits per heavy atom. The molecule has 2 amide bonds. The molecule has 0 atom stereocenters. The van der Waals surface area contributed by atoms with E-state index in [0.29, 0.717) is 36.6 Å². The van der Waals surface area contributed by atoms with Gasteiger partial charge in [0.05, 0.1) is 18.4 Å². The number of aromatic nitrogens is 1. The van der Waals surface area contributed by atoms with Crippen molar-refractivity contribution in [3.8, 4) is 0 Å². The largest absolute Gasteiger partial charge is 0.390 e. The topological polar surface area (TPSA) is 189 Å². The van der Waals surface area contributed by atoms with Crippen LogP contribution < -0.4 is 27.8 Å². The second-order valence-electron chi connectivity index (χ2n) is 8.42. The predicted molar refractivity (Wildman–Crippen MR) is 156 cm³/mol. The van der Waals surface area contributed by atoms with Gasteiger partial charge in [-0.1, -0.05) is 30.3 Å². The fourth-order valence-corrected chi connectivity index (χ4v) is 3.83. The van der Waals surface area contributed by atoms with E-state index in [9.17, 15) is 9.59 Å². The van der Waals surface area contributed by atoms with Crippen LogP contribution in [0.3, 0.4) is 0 Å². The van der Waals surface area contributed by atoms with Crippen LogP contribution in [0, 0.1) is 5.41 Å². The molecule has 9 N–H and O–H groups in total. The van der Waals surface area contributed by atoms with Gasteiger partial charge in [0, 0.05) is 30.7 Å². The van der Waals surface area contributed by atoms with Crippen LogP contribution in [0.4, 0.5) is 11.4 Å². The number of hydrogen-bond donors (Lipinski definition) is 6. The molecule has 202 valence electrons. The molecule has 39 heavy (non-hydrogen) atoms. The van der Waals surface area contributed by atoms with Gasteiger partial charge in [0.25, 0.3) is 11.8 Å². The van der Waals surface area contributed by atoms with Crippen LogP contribution >= 0.6 is 0 Å². The third-order valence-electron chi connectivity index (χ3n) is 5.91. The first-order valence-corrected chi connectivity index (χ1v) is 12.3. The van der Waals surface area contributed by atoms with E-state index in [4.69, 9.17) is 16.9 Å². The van der Waals surface area contributed by atoms with Gasteiger partial charge in [-0.15, -0.1) is 0 Å². The van der Waals surface area contributed by atoms with Crippen LogP contribution in [0.1, 0.15) is 38.4 Å².